The van der Waals surface area contributed by atoms with Crippen LogP contribution in [0.5, 0.6) is 0 Å². The summed E-state index contributed by atoms with van der Waals surface area (Å²) in [6.07, 6.45) is 0.421. The lowest BCUT2D eigenvalue weighted by atomic mass is 10.6. The molecule has 0 fully saturated rings. The summed E-state index contributed by atoms with van der Waals surface area (Å²) >= 11 is 0. The molecule has 0 spiro atoms. The van der Waals surface area contributed by atoms with Gasteiger partial charge in [0.1, 0.15) is 0 Å². The van der Waals surface area contributed by atoms with Crippen molar-refractivity contribution in [2.75, 3.05) is 6.54 Å². The number of amides is 2. The fourth-order valence-corrected chi connectivity index (χ4v) is 0.142. The summed E-state index contributed by atoms with van der Waals surface area (Å²) in [5.74, 6) is -0.535. The molecule has 0 bridgehead atoms. The molecule has 0 saturated carbocycles. The van der Waals surface area contributed by atoms with E-state index < -0.39 is 5.91 Å². The van der Waals surface area contributed by atoms with Gasteiger partial charge in [-0.2, -0.15) is 0 Å². The Balaban J connectivity index is 2.97. The fraction of sp³-hybridized carbons (Fsp3) is 0.333. The van der Waals surface area contributed by atoms with Crippen LogP contribution in [0, 0.1) is 0 Å². The maximum absolute atomic E-state index is 9.76. The first kappa shape index (κ1) is 5.94. The first-order valence-electron chi connectivity index (χ1n) is 1.72. The zero-order chi connectivity index (χ0) is 5.70. The molecule has 0 aliphatic heterocycles. The second kappa shape index (κ2) is 3.14. The maximum atomic E-state index is 9.76. The summed E-state index contributed by atoms with van der Waals surface area (Å²) in [7, 11) is 0. The molecule has 0 atom stereocenters. The number of carbonyl (C=O) groups excluding carboxylic acids is 2. The third kappa shape index (κ3) is 4.94. The van der Waals surface area contributed by atoms with Gasteiger partial charge in [-0.05, 0) is 0 Å². The van der Waals surface area contributed by atoms with Crippen LogP contribution in [0.1, 0.15) is 0 Å². The predicted octanol–water partition coefficient (Wildman–Crippen LogP) is -1.78. The van der Waals surface area contributed by atoms with Crippen LogP contribution in [0.2, 0.25) is 0 Å². The van der Waals surface area contributed by atoms with E-state index in [1.807, 2.05) is 0 Å². The van der Waals surface area contributed by atoms with Gasteiger partial charge in [0.25, 0.3) is 0 Å². The van der Waals surface area contributed by atoms with Crippen LogP contribution in [0.4, 0.5) is 0 Å². The lowest BCUT2D eigenvalue weighted by Crippen LogP contribution is -2.27. The van der Waals surface area contributed by atoms with Gasteiger partial charge < -0.3 is 11.1 Å². The third-order valence-corrected chi connectivity index (χ3v) is 0.360. The highest BCUT2D eigenvalue weighted by molar-refractivity contribution is 5.77. The Bertz CT molecular complexity index is 81.0. The van der Waals surface area contributed by atoms with Gasteiger partial charge in [0.05, 0.1) is 6.54 Å². The van der Waals surface area contributed by atoms with E-state index in [-0.39, 0.29) is 6.54 Å². The molecule has 0 aliphatic rings. The molecule has 4 nitrogen and oxygen atoms in total. The van der Waals surface area contributed by atoms with E-state index in [0.29, 0.717) is 6.41 Å². The molecule has 40 valence electrons. The molecule has 2 amide bonds. The summed E-state index contributed by atoms with van der Waals surface area (Å²) in [6.45, 7) is -0.0799. The number of nitrogens with one attached hydrogen (secondary N) is 1. The number of primary amides is 1. The third-order valence-electron chi connectivity index (χ3n) is 0.360. The Labute approximate surface area is 40.7 Å². The number of nitrogens with two attached hydrogens (primary N) is 1. The standard InChI is InChI=1S/C3H6N2O2/c4-3(7)1-5-2-6/h2H,1H2,(H2,4,7)(H,5,6). The minimum atomic E-state index is -0.535. The van der Waals surface area contributed by atoms with Crippen LogP contribution in [0.25, 0.3) is 0 Å². The molecule has 3 N–H and O–H groups in total. The van der Waals surface area contributed by atoms with Gasteiger partial charge in [0.2, 0.25) is 12.3 Å². The van der Waals surface area contributed by atoms with Gasteiger partial charge in [-0.3, -0.25) is 9.59 Å². The molecule has 0 aromatic rings. The molecule has 0 aliphatic carbocycles. The van der Waals surface area contributed by atoms with Gasteiger partial charge >= 0.3 is 0 Å². The van der Waals surface area contributed by atoms with Crippen LogP contribution < -0.4 is 11.1 Å². The molecule has 4 heteroatoms. The molecule has 0 aromatic heterocycles. The normalized spacial score (nSPS) is 7.43. The molecule has 0 aromatic carbocycles. The fourth-order valence-electron chi connectivity index (χ4n) is 0.142. The number of hydrogen-bond acceptors (Lipinski definition) is 2. The van der Waals surface area contributed by atoms with Gasteiger partial charge in [-0.15, -0.1) is 0 Å². The average Bonchev–Trinajstić information content (AvgIpc) is 1.61. The molecule has 0 rings (SSSR count). The average molecular weight is 102 g/mol. The first-order chi connectivity index (χ1) is 3.27. The lowest BCUT2D eigenvalue weighted by Gasteiger charge is -1.86. The van der Waals surface area contributed by atoms with Crippen LogP contribution in [0.15, 0.2) is 0 Å². The van der Waals surface area contributed by atoms with E-state index in [0.717, 1.165) is 0 Å². The van der Waals surface area contributed by atoms with E-state index in [1.54, 1.807) is 0 Å². The summed E-state index contributed by atoms with van der Waals surface area (Å²) in [5, 5.41) is 2.09. The zero-order valence-corrected chi connectivity index (χ0v) is 3.68. The Morgan fingerprint density at radius 3 is 2.57 bits per heavy atom. The summed E-state index contributed by atoms with van der Waals surface area (Å²) in [6, 6.07) is 0. The van der Waals surface area contributed by atoms with Crippen LogP contribution in [0.3, 0.4) is 0 Å². The van der Waals surface area contributed by atoms with Gasteiger partial charge in [-0.1, -0.05) is 0 Å². The van der Waals surface area contributed by atoms with Gasteiger partial charge in [0, 0.05) is 0 Å². The molecule has 0 saturated heterocycles. The molecule has 0 unspecified atom stereocenters. The molecule has 0 heterocycles. The lowest BCUT2D eigenvalue weighted by molar-refractivity contribution is -0.119. The van der Waals surface area contributed by atoms with Crippen molar-refractivity contribution in [2.24, 2.45) is 5.73 Å². The topological polar surface area (TPSA) is 72.2 Å². The molecular weight excluding hydrogens is 96.0 g/mol. The van der Waals surface area contributed by atoms with Gasteiger partial charge in [0.15, 0.2) is 0 Å². The van der Waals surface area contributed by atoms with Crippen molar-refractivity contribution in [3.63, 3.8) is 0 Å². The first-order valence-corrected chi connectivity index (χ1v) is 1.72. The molecule has 0 radical (unpaired) electrons. The Morgan fingerprint density at radius 2 is 2.43 bits per heavy atom. The number of hydrogen-bond donors (Lipinski definition) is 2. The maximum Gasteiger partial charge on any atom is 0.236 e. The van der Waals surface area contributed by atoms with Crippen molar-refractivity contribution in [1.29, 1.82) is 0 Å². The van der Waals surface area contributed by atoms with Crippen LogP contribution >= 0.6 is 0 Å². The van der Waals surface area contributed by atoms with Crippen LogP contribution in [-0.4, -0.2) is 18.9 Å². The van der Waals surface area contributed by atoms with E-state index in [2.05, 4.69) is 11.1 Å². The smallest absolute Gasteiger partial charge is 0.236 e. The summed E-state index contributed by atoms with van der Waals surface area (Å²) in [5.41, 5.74) is 4.62. The zero-order valence-electron chi connectivity index (χ0n) is 3.68. The second-order valence-corrected chi connectivity index (χ2v) is 0.965. The van der Waals surface area contributed by atoms with Crippen molar-refractivity contribution in [1.82, 2.24) is 5.32 Å². The van der Waals surface area contributed by atoms with E-state index in [1.165, 1.54) is 0 Å². The minimum Gasteiger partial charge on any atom is -0.368 e. The van der Waals surface area contributed by atoms with E-state index in [9.17, 15) is 9.59 Å². The second-order valence-electron chi connectivity index (χ2n) is 0.965. The minimum absolute atomic E-state index is 0.0799. The molecular formula is C3H6N2O2. The number of rotatable bonds is 3. The van der Waals surface area contributed by atoms with Crippen LogP contribution in [-0.2, 0) is 9.59 Å². The monoisotopic (exact) mass is 102 g/mol. The van der Waals surface area contributed by atoms with E-state index >= 15 is 0 Å². The highest BCUT2D eigenvalue weighted by Gasteiger charge is 1.85. The van der Waals surface area contributed by atoms with Crippen molar-refractivity contribution in [3.8, 4) is 0 Å². The predicted molar refractivity (Wildman–Crippen MR) is 23.3 cm³/mol. The quantitative estimate of drug-likeness (QED) is 0.413. The van der Waals surface area contributed by atoms with Crippen molar-refractivity contribution in [3.05, 3.63) is 0 Å². The number of carbonyl (C=O) groups is 2. The van der Waals surface area contributed by atoms with Crippen molar-refractivity contribution in [2.45, 2.75) is 0 Å². The Kier molecular flexibility index (Phi) is 2.67. The largest absolute Gasteiger partial charge is 0.368 e. The Morgan fingerprint density at radius 1 is 1.86 bits per heavy atom. The SMILES string of the molecule is NC(=O)CNC=O. The summed E-state index contributed by atoms with van der Waals surface area (Å²) in [4.78, 5) is 19.1. The molecule has 7 heavy (non-hydrogen) atoms. The highest BCUT2D eigenvalue weighted by atomic mass is 16.2. The summed E-state index contributed by atoms with van der Waals surface area (Å²) < 4.78 is 0. The van der Waals surface area contributed by atoms with Gasteiger partial charge in [-0.25, -0.2) is 0 Å². The van der Waals surface area contributed by atoms with Crippen molar-refractivity contribution < 1.29 is 9.59 Å². The Hall–Kier alpha value is -1.06. The highest BCUT2D eigenvalue weighted by Crippen LogP contribution is 1.46. The van der Waals surface area contributed by atoms with Crippen molar-refractivity contribution >= 4 is 12.3 Å². The van der Waals surface area contributed by atoms with E-state index in [4.69, 9.17) is 0 Å².